The first-order chi connectivity index (χ1) is 18.7. The number of esters is 2. The molecule has 1 amide bonds. The Hall–Kier alpha value is 0.463. The summed E-state index contributed by atoms with van der Waals surface area (Å²) in [6.07, 6.45) is -9.51. The summed E-state index contributed by atoms with van der Waals surface area (Å²) in [5.74, 6) is -4.74. The Kier molecular flexibility index (Phi) is 12.5. The van der Waals surface area contributed by atoms with Gasteiger partial charge in [-0.05, 0) is 31.9 Å². The van der Waals surface area contributed by atoms with Crippen LogP contribution in [0.25, 0.3) is 0 Å². The number of rotatable bonds is 5. The molecule has 3 aliphatic carbocycles. The van der Waals surface area contributed by atoms with Crippen molar-refractivity contribution in [3.05, 3.63) is 11.1 Å². The van der Waals surface area contributed by atoms with E-state index in [0.717, 1.165) is 6.92 Å². The Morgan fingerprint density at radius 2 is 1.65 bits per heavy atom. The molecule has 4 aliphatic rings. The van der Waals surface area contributed by atoms with E-state index in [-0.39, 0.29) is 112 Å². The maximum absolute atomic E-state index is 14.2. The molecule has 6 N–H and O–H groups in total. The summed E-state index contributed by atoms with van der Waals surface area (Å²) in [4.78, 5) is 51.1. The molecule has 0 aromatic heterocycles. The van der Waals surface area contributed by atoms with Crippen molar-refractivity contribution in [2.75, 3.05) is 6.61 Å². The molecule has 2 bridgehead atoms. The van der Waals surface area contributed by atoms with Crippen LogP contribution in [0, 0.1) is 105 Å². The van der Waals surface area contributed by atoms with Crippen LogP contribution in [0.4, 0.5) is 0 Å². The molecule has 2 radical (unpaired) electrons. The Balaban J connectivity index is 0.00000323. The van der Waals surface area contributed by atoms with Gasteiger partial charge in [0, 0.05) is 126 Å². The Labute approximate surface area is 321 Å². The van der Waals surface area contributed by atoms with E-state index in [1.54, 1.807) is 13.8 Å². The molecule has 1 heterocycles. The van der Waals surface area contributed by atoms with Crippen LogP contribution in [-0.4, -0.2) is 110 Å². The zero-order valence-corrected chi connectivity index (χ0v) is 35.0. The first kappa shape index (κ1) is 39.6. The van der Waals surface area contributed by atoms with Gasteiger partial charge in [-0.2, -0.15) is 0 Å². The van der Waals surface area contributed by atoms with E-state index in [9.17, 15) is 44.7 Å². The number of fused-ring (bicyclic) bond motifs is 5. The fourth-order valence-corrected chi connectivity index (χ4v) is 7.61. The molecule has 1 saturated heterocycles. The standard InChI is InChI=1S/C28H41NO12.2Ac/c1-11-15(41-24(36)19(33)12(2)29-13(3)30)9-28(38)23(40-14(4)31)21-26(7,16(32)8-17-27(21,37)10-39-17)22(35)20(34)18(11)25(28,5)6;;/h12,15-17,19-21,23,32-34,37-38H,8-10H2,1-7H3,(H,29,30);;/t12-,15-,16-,17+,19+,20+,21-,23-,26+,27-,28+;;/m0../s1. The van der Waals surface area contributed by atoms with E-state index < -0.39 is 101 Å². The molecule has 0 spiro atoms. The number of aliphatic hydroxyl groups is 5. The zero-order valence-electron chi connectivity index (χ0n) is 25.5. The molecule has 43 heavy (non-hydrogen) atoms. The average molecular weight is 1040 g/mol. The quantitative estimate of drug-likeness (QED) is 0.140. The van der Waals surface area contributed by atoms with Gasteiger partial charge >= 0.3 is 11.9 Å². The summed E-state index contributed by atoms with van der Waals surface area (Å²) >= 11 is 0. The SMILES string of the molecule is CC(=O)N[C@@H](C)[C@@H](O)C(=O)O[C@H]1C[C@@]2(O)[C@@H](OC(C)=O)[C@@H]3[C@]4(O)CO[C@@H]4C[C@H](O)[C@@]3(C)C(=O)[C@H](O)C(=C1C)C2(C)C.[Ac].[Ac]. The van der Waals surface area contributed by atoms with E-state index in [4.69, 9.17) is 14.2 Å². The molecule has 0 aromatic rings. The van der Waals surface area contributed by atoms with Crippen LogP contribution in [-0.2, 0) is 33.4 Å². The van der Waals surface area contributed by atoms with Gasteiger partial charge in [-0.15, -0.1) is 0 Å². The van der Waals surface area contributed by atoms with Crippen LogP contribution in [0.1, 0.15) is 61.3 Å². The van der Waals surface area contributed by atoms with Crippen LogP contribution >= 0.6 is 0 Å². The Morgan fingerprint density at radius 1 is 1.07 bits per heavy atom. The molecule has 11 atom stereocenters. The minimum absolute atomic E-state index is 0. The first-order valence-corrected chi connectivity index (χ1v) is 13.8. The predicted octanol–water partition coefficient (Wildman–Crippen LogP) is -1.35. The van der Waals surface area contributed by atoms with Crippen LogP contribution < -0.4 is 5.32 Å². The monoisotopic (exact) mass is 1040 g/mol. The second-order valence-electron chi connectivity index (χ2n) is 12.8. The van der Waals surface area contributed by atoms with E-state index in [1.165, 1.54) is 27.7 Å². The number of Topliss-reactive ketones (excluding diaryl/α,β-unsaturated/α-hetero) is 1. The fourth-order valence-electron chi connectivity index (χ4n) is 7.61. The van der Waals surface area contributed by atoms with Gasteiger partial charge in [-0.3, -0.25) is 14.4 Å². The molecule has 4 rings (SSSR count). The summed E-state index contributed by atoms with van der Waals surface area (Å²) in [6, 6.07) is -1.02. The van der Waals surface area contributed by atoms with Crippen LogP contribution in [0.15, 0.2) is 11.1 Å². The Bertz CT molecular complexity index is 1190. The average Bonchev–Trinajstić information content (AvgIpc) is 2.85. The third-order valence-electron chi connectivity index (χ3n) is 10.1. The van der Waals surface area contributed by atoms with Crippen LogP contribution in [0.2, 0.25) is 0 Å². The van der Waals surface area contributed by atoms with Gasteiger partial charge in [-0.1, -0.05) is 13.8 Å². The molecule has 15 heteroatoms. The molecule has 0 unspecified atom stereocenters. The van der Waals surface area contributed by atoms with Crippen molar-refractivity contribution >= 4 is 23.6 Å². The number of hydrogen-bond acceptors (Lipinski definition) is 12. The van der Waals surface area contributed by atoms with Crippen molar-refractivity contribution in [2.45, 2.75) is 115 Å². The fraction of sp³-hybridized carbons (Fsp3) is 0.786. The Morgan fingerprint density at radius 3 is 2.14 bits per heavy atom. The van der Waals surface area contributed by atoms with Gasteiger partial charge in [0.25, 0.3) is 0 Å². The van der Waals surface area contributed by atoms with Gasteiger partial charge in [0.15, 0.2) is 11.9 Å². The topological polar surface area (TPSA) is 209 Å². The van der Waals surface area contributed by atoms with E-state index in [0.29, 0.717) is 0 Å². The maximum atomic E-state index is 14.2. The molecular formula is C28H41Ac2NO12. The van der Waals surface area contributed by atoms with Crippen molar-refractivity contribution in [3.8, 4) is 0 Å². The number of carbonyl (C=O) groups is 4. The van der Waals surface area contributed by atoms with E-state index in [2.05, 4.69) is 5.32 Å². The molecular weight excluding hydrogens is 996 g/mol. The smallest absolute Gasteiger partial charge is 0.337 e. The predicted molar refractivity (Wildman–Crippen MR) is 139 cm³/mol. The van der Waals surface area contributed by atoms with Crippen LogP contribution in [0.5, 0.6) is 0 Å². The first-order valence-electron chi connectivity index (χ1n) is 13.8. The molecule has 1 aliphatic heterocycles. The van der Waals surface area contributed by atoms with Gasteiger partial charge < -0.3 is 45.1 Å². The number of carbonyl (C=O) groups excluding carboxylic acids is 4. The number of hydrogen-bond donors (Lipinski definition) is 6. The maximum Gasteiger partial charge on any atom is 0.337 e. The van der Waals surface area contributed by atoms with Gasteiger partial charge in [0.2, 0.25) is 5.91 Å². The minimum atomic E-state index is -2.17. The largest absolute Gasteiger partial charge is 0.459 e. The van der Waals surface area contributed by atoms with Crippen molar-refractivity contribution in [3.63, 3.8) is 0 Å². The minimum Gasteiger partial charge on any atom is -0.459 e. The summed E-state index contributed by atoms with van der Waals surface area (Å²) < 4.78 is 16.9. The van der Waals surface area contributed by atoms with Crippen LogP contribution in [0.3, 0.4) is 0 Å². The number of nitrogens with one attached hydrogen (secondary N) is 1. The summed E-state index contributed by atoms with van der Waals surface area (Å²) in [5.41, 5.74) is -7.12. The summed E-state index contributed by atoms with van der Waals surface area (Å²) in [6.45, 7) is 9.42. The number of aliphatic hydroxyl groups excluding tert-OH is 3. The zero-order chi connectivity index (χ0) is 31.0. The normalized spacial score (nSPS) is 40.8. The van der Waals surface area contributed by atoms with Crippen molar-refractivity contribution in [2.24, 2.45) is 16.7 Å². The van der Waals surface area contributed by atoms with Gasteiger partial charge in [0.05, 0.1) is 30.3 Å². The molecule has 0 aromatic carbocycles. The molecule has 2 saturated carbocycles. The summed E-state index contributed by atoms with van der Waals surface area (Å²) in [5, 5.41) is 60.2. The molecule has 13 nitrogen and oxygen atoms in total. The third kappa shape index (κ3) is 6.13. The summed E-state index contributed by atoms with van der Waals surface area (Å²) in [7, 11) is 0. The van der Waals surface area contributed by atoms with Gasteiger partial charge in [-0.25, -0.2) is 4.79 Å². The van der Waals surface area contributed by atoms with E-state index in [1.807, 2.05) is 0 Å². The molecule has 236 valence electrons. The third-order valence-corrected chi connectivity index (χ3v) is 10.1. The number of amides is 1. The van der Waals surface area contributed by atoms with Crippen molar-refractivity contribution in [1.82, 2.24) is 5.32 Å². The molecule has 3 fully saturated rings. The number of ketones is 1. The van der Waals surface area contributed by atoms with Gasteiger partial charge in [0.1, 0.15) is 29.5 Å². The van der Waals surface area contributed by atoms with E-state index >= 15 is 0 Å². The second-order valence-corrected chi connectivity index (χ2v) is 12.8. The van der Waals surface area contributed by atoms with Crippen molar-refractivity contribution < 1.29 is 147 Å². The second kappa shape index (κ2) is 13.5. The number of ether oxygens (including phenoxy) is 3. The van der Waals surface area contributed by atoms with Crippen molar-refractivity contribution in [1.29, 1.82) is 0 Å².